The van der Waals surface area contributed by atoms with Gasteiger partial charge in [0.2, 0.25) is 0 Å². The maximum Gasteiger partial charge on any atom is 0.274 e. The van der Waals surface area contributed by atoms with E-state index in [4.69, 9.17) is 17.3 Å². The standard InChI is InChI=1S/C16H20ClN5O.ClH/c1-2-14-15(16(23)19-13(9-18)10-6-7-10)20-21-22(14)12-5-3-4-11(17)8-12;/h3-5,8,10,13H,2,6-7,9,18H2,1H3,(H,19,23);1H. The summed E-state index contributed by atoms with van der Waals surface area (Å²) < 4.78 is 1.66. The Balaban J connectivity index is 0.00000208. The molecule has 3 rings (SSSR count). The van der Waals surface area contributed by atoms with Gasteiger partial charge in [0.05, 0.1) is 11.4 Å². The Labute approximate surface area is 152 Å². The predicted molar refractivity (Wildman–Crippen MR) is 96.0 cm³/mol. The fraction of sp³-hybridized carbons (Fsp3) is 0.438. The van der Waals surface area contributed by atoms with Crippen LogP contribution in [0.2, 0.25) is 5.02 Å². The van der Waals surface area contributed by atoms with Crippen LogP contribution in [0, 0.1) is 5.92 Å². The van der Waals surface area contributed by atoms with E-state index in [2.05, 4.69) is 15.6 Å². The molecule has 1 aromatic heterocycles. The maximum atomic E-state index is 12.5. The summed E-state index contributed by atoms with van der Waals surface area (Å²) in [6, 6.07) is 7.33. The molecule has 3 N–H and O–H groups in total. The first-order valence-electron chi connectivity index (χ1n) is 7.85. The molecule has 0 aliphatic heterocycles. The summed E-state index contributed by atoms with van der Waals surface area (Å²) in [5.74, 6) is 0.287. The molecule has 24 heavy (non-hydrogen) atoms. The number of halogens is 2. The first kappa shape index (κ1) is 18.7. The number of amides is 1. The second kappa shape index (κ2) is 7.96. The molecule has 1 atom stereocenters. The van der Waals surface area contributed by atoms with Crippen LogP contribution in [0.5, 0.6) is 0 Å². The molecule has 0 spiro atoms. The van der Waals surface area contributed by atoms with Crippen molar-refractivity contribution in [1.82, 2.24) is 20.3 Å². The smallest absolute Gasteiger partial charge is 0.274 e. The summed E-state index contributed by atoms with van der Waals surface area (Å²) in [4.78, 5) is 12.5. The third kappa shape index (κ3) is 3.88. The molecule has 0 bridgehead atoms. The summed E-state index contributed by atoms with van der Waals surface area (Å²) in [6.07, 6.45) is 2.88. The highest BCUT2D eigenvalue weighted by Gasteiger charge is 2.32. The van der Waals surface area contributed by atoms with Gasteiger partial charge in [-0.1, -0.05) is 29.8 Å². The zero-order valence-corrected chi connectivity index (χ0v) is 15.0. The monoisotopic (exact) mass is 369 g/mol. The van der Waals surface area contributed by atoms with Crippen molar-refractivity contribution in [3.8, 4) is 5.69 Å². The largest absolute Gasteiger partial charge is 0.346 e. The van der Waals surface area contributed by atoms with Crippen LogP contribution in [0.25, 0.3) is 5.69 Å². The SMILES string of the molecule is CCc1c(C(=O)NC(CN)C2CC2)nnn1-c1cccc(Cl)c1.Cl. The van der Waals surface area contributed by atoms with E-state index >= 15 is 0 Å². The molecule has 1 aliphatic carbocycles. The summed E-state index contributed by atoms with van der Waals surface area (Å²) in [5, 5.41) is 11.8. The summed E-state index contributed by atoms with van der Waals surface area (Å²) in [6.45, 7) is 2.41. The number of aromatic nitrogens is 3. The van der Waals surface area contributed by atoms with Crippen LogP contribution in [0.15, 0.2) is 24.3 Å². The minimum atomic E-state index is -0.211. The van der Waals surface area contributed by atoms with E-state index in [0.29, 0.717) is 29.6 Å². The van der Waals surface area contributed by atoms with Gasteiger partial charge in [-0.2, -0.15) is 0 Å². The number of nitrogens with one attached hydrogen (secondary N) is 1. The zero-order valence-electron chi connectivity index (χ0n) is 13.4. The van der Waals surface area contributed by atoms with Gasteiger partial charge in [-0.3, -0.25) is 4.79 Å². The molecule has 1 unspecified atom stereocenters. The molecule has 1 saturated carbocycles. The molecule has 1 heterocycles. The van der Waals surface area contributed by atoms with Crippen molar-refractivity contribution in [2.24, 2.45) is 11.7 Å². The van der Waals surface area contributed by atoms with Gasteiger partial charge in [-0.05, 0) is 43.4 Å². The first-order chi connectivity index (χ1) is 11.1. The quantitative estimate of drug-likeness (QED) is 0.818. The highest BCUT2D eigenvalue weighted by molar-refractivity contribution is 6.30. The Morgan fingerprint density at radius 1 is 1.50 bits per heavy atom. The lowest BCUT2D eigenvalue weighted by Crippen LogP contribution is -2.42. The molecule has 1 amide bonds. The normalized spacial score (nSPS) is 14.8. The topological polar surface area (TPSA) is 85.8 Å². The van der Waals surface area contributed by atoms with Crippen molar-refractivity contribution in [3.63, 3.8) is 0 Å². The van der Waals surface area contributed by atoms with Gasteiger partial charge in [0.25, 0.3) is 5.91 Å². The molecule has 1 aliphatic rings. The zero-order chi connectivity index (χ0) is 16.4. The summed E-state index contributed by atoms with van der Waals surface area (Å²) >= 11 is 6.03. The predicted octanol–water partition coefficient (Wildman–Crippen LogP) is 2.37. The summed E-state index contributed by atoms with van der Waals surface area (Å²) in [7, 11) is 0. The second-order valence-electron chi connectivity index (χ2n) is 5.78. The molecule has 2 aromatic rings. The van der Waals surface area contributed by atoms with Gasteiger partial charge in [0.15, 0.2) is 5.69 Å². The number of hydrogen-bond donors (Lipinski definition) is 2. The number of benzene rings is 1. The molecule has 6 nitrogen and oxygen atoms in total. The van der Waals surface area contributed by atoms with Gasteiger partial charge >= 0.3 is 0 Å². The Morgan fingerprint density at radius 3 is 2.83 bits per heavy atom. The molecule has 130 valence electrons. The first-order valence-corrected chi connectivity index (χ1v) is 8.23. The number of nitrogens with two attached hydrogens (primary N) is 1. The van der Waals surface area contributed by atoms with Crippen molar-refractivity contribution in [2.75, 3.05) is 6.54 Å². The van der Waals surface area contributed by atoms with Crippen molar-refractivity contribution in [2.45, 2.75) is 32.2 Å². The lowest BCUT2D eigenvalue weighted by atomic mass is 10.1. The minimum absolute atomic E-state index is 0. The lowest BCUT2D eigenvalue weighted by molar-refractivity contribution is 0.0927. The lowest BCUT2D eigenvalue weighted by Gasteiger charge is -2.15. The molecular weight excluding hydrogens is 349 g/mol. The number of carbonyl (C=O) groups is 1. The van der Waals surface area contributed by atoms with Crippen LogP contribution >= 0.6 is 24.0 Å². The van der Waals surface area contributed by atoms with Gasteiger partial charge in [0, 0.05) is 17.6 Å². The Hall–Kier alpha value is -1.63. The molecular formula is C16H21Cl2N5O. The van der Waals surface area contributed by atoms with Gasteiger partial charge in [-0.25, -0.2) is 4.68 Å². The molecule has 1 fully saturated rings. The Kier molecular flexibility index (Phi) is 6.21. The van der Waals surface area contributed by atoms with Gasteiger partial charge in [0.1, 0.15) is 0 Å². The number of hydrogen-bond acceptors (Lipinski definition) is 4. The minimum Gasteiger partial charge on any atom is -0.346 e. The third-order valence-electron chi connectivity index (χ3n) is 4.13. The van der Waals surface area contributed by atoms with Crippen molar-refractivity contribution in [3.05, 3.63) is 40.7 Å². The van der Waals surface area contributed by atoms with Crippen LogP contribution in [0.1, 0.15) is 35.9 Å². The highest BCUT2D eigenvalue weighted by atomic mass is 35.5. The summed E-state index contributed by atoms with van der Waals surface area (Å²) in [5.41, 5.74) is 7.66. The van der Waals surface area contributed by atoms with E-state index in [1.807, 2.05) is 19.1 Å². The van der Waals surface area contributed by atoms with E-state index in [1.54, 1.807) is 16.8 Å². The average molecular weight is 370 g/mol. The Bertz CT molecular complexity index is 714. The molecule has 0 radical (unpaired) electrons. The van der Waals surface area contributed by atoms with E-state index < -0.39 is 0 Å². The number of rotatable bonds is 6. The Morgan fingerprint density at radius 2 is 2.25 bits per heavy atom. The number of nitrogens with zero attached hydrogens (tertiary/aromatic N) is 3. The van der Waals surface area contributed by atoms with E-state index in [0.717, 1.165) is 24.2 Å². The van der Waals surface area contributed by atoms with Gasteiger partial charge in [-0.15, -0.1) is 17.5 Å². The van der Waals surface area contributed by atoms with Crippen LogP contribution in [-0.4, -0.2) is 33.5 Å². The average Bonchev–Trinajstić information content (AvgIpc) is 3.30. The van der Waals surface area contributed by atoms with Crippen molar-refractivity contribution in [1.29, 1.82) is 0 Å². The highest BCUT2D eigenvalue weighted by Crippen LogP contribution is 2.32. The van der Waals surface area contributed by atoms with E-state index in [1.165, 1.54) is 0 Å². The molecule has 1 aromatic carbocycles. The molecule has 0 saturated heterocycles. The van der Waals surface area contributed by atoms with Gasteiger partial charge < -0.3 is 11.1 Å². The number of carbonyl (C=O) groups excluding carboxylic acids is 1. The van der Waals surface area contributed by atoms with Crippen LogP contribution in [0.3, 0.4) is 0 Å². The van der Waals surface area contributed by atoms with Crippen molar-refractivity contribution >= 4 is 29.9 Å². The fourth-order valence-electron chi connectivity index (χ4n) is 2.72. The van der Waals surface area contributed by atoms with Crippen LogP contribution in [-0.2, 0) is 6.42 Å². The van der Waals surface area contributed by atoms with E-state index in [9.17, 15) is 4.79 Å². The maximum absolute atomic E-state index is 12.5. The van der Waals surface area contributed by atoms with E-state index in [-0.39, 0.29) is 24.4 Å². The van der Waals surface area contributed by atoms with Crippen LogP contribution < -0.4 is 11.1 Å². The third-order valence-corrected chi connectivity index (χ3v) is 4.36. The van der Waals surface area contributed by atoms with Crippen molar-refractivity contribution < 1.29 is 4.79 Å². The fourth-order valence-corrected chi connectivity index (χ4v) is 2.90. The molecule has 8 heteroatoms. The second-order valence-corrected chi connectivity index (χ2v) is 6.22. The van der Waals surface area contributed by atoms with Crippen LogP contribution in [0.4, 0.5) is 0 Å².